The Balaban J connectivity index is 0.713. The molecule has 0 saturated carbocycles. The molecule has 0 aliphatic heterocycles. The smallest absolute Gasteiger partial charge is 0.143 e. The molecule has 0 atom stereocenters. The first-order valence-electron chi connectivity index (χ1n) is 36.1. The van der Waals surface area contributed by atoms with Gasteiger partial charge < -0.3 is 27.5 Å². The molecule has 106 heavy (non-hydrogen) atoms. The fourth-order valence-electron chi connectivity index (χ4n) is 17.2. The van der Waals surface area contributed by atoms with Crippen molar-refractivity contribution in [1.82, 2.24) is 0 Å². The molecule has 4 aromatic heterocycles. The van der Waals surface area contributed by atoms with E-state index >= 15 is 0 Å². The van der Waals surface area contributed by atoms with Crippen LogP contribution in [-0.4, -0.2) is 0 Å². The molecule has 0 bridgehead atoms. The van der Waals surface area contributed by atoms with Gasteiger partial charge in [-0.05, 0) is 151 Å². The second-order valence-corrected chi connectivity index (χ2v) is 27.6. The average Bonchev–Trinajstić information content (AvgIpc) is 0.867. The van der Waals surface area contributed by atoms with E-state index in [0.717, 1.165) is 204 Å². The van der Waals surface area contributed by atoms with Gasteiger partial charge in [-0.1, -0.05) is 279 Å². The highest BCUT2D eigenvalue weighted by molar-refractivity contribution is 6.27. The molecule has 494 valence electrons. The predicted molar refractivity (Wildman–Crippen MR) is 442 cm³/mol. The summed E-state index contributed by atoms with van der Waals surface area (Å²) in [6.45, 7) is 0. The van der Waals surface area contributed by atoms with Crippen molar-refractivity contribution < 1.29 is 17.7 Å². The van der Waals surface area contributed by atoms with Crippen LogP contribution >= 0.6 is 0 Å². The van der Waals surface area contributed by atoms with Gasteiger partial charge in [0.05, 0.1) is 33.5 Å². The van der Waals surface area contributed by atoms with Gasteiger partial charge >= 0.3 is 0 Å². The number of hydrogen-bond donors (Lipinski definition) is 0. The minimum Gasteiger partial charge on any atom is -0.456 e. The Morgan fingerprint density at radius 2 is 0.557 bits per heavy atom. The van der Waals surface area contributed by atoms with E-state index in [1.54, 1.807) is 0 Å². The topological polar surface area (TPSA) is 59.0 Å². The molecule has 22 aromatic rings. The fraction of sp³-hybridized carbons (Fsp3) is 0. The van der Waals surface area contributed by atoms with Crippen LogP contribution in [0.3, 0.4) is 0 Å². The van der Waals surface area contributed by atoms with E-state index in [9.17, 15) is 0 Å². The molecule has 0 unspecified atom stereocenters. The Morgan fingerprint density at radius 1 is 0.179 bits per heavy atom. The lowest BCUT2D eigenvalue weighted by atomic mass is 9.88. The van der Waals surface area contributed by atoms with Crippen LogP contribution in [0.15, 0.2) is 382 Å². The van der Waals surface area contributed by atoms with E-state index in [1.165, 1.54) is 16.2 Å². The lowest BCUT2D eigenvalue weighted by Gasteiger charge is -2.31. The molecule has 0 radical (unpaired) electrons. The number of fused-ring (bicyclic) bond motifs is 18. The summed E-state index contributed by atoms with van der Waals surface area (Å²) in [6, 6.07) is 131. The molecule has 22 rings (SSSR count). The van der Waals surface area contributed by atoms with Crippen LogP contribution in [0.4, 0.5) is 34.1 Å². The largest absolute Gasteiger partial charge is 0.456 e. The van der Waals surface area contributed by atoms with Crippen LogP contribution in [0.25, 0.3) is 186 Å². The summed E-state index contributed by atoms with van der Waals surface area (Å²) in [7, 11) is 0. The molecule has 6 nitrogen and oxygen atoms in total. The highest BCUT2D eigenvalue weighted by atomic mass is 16.3. The van der Waals surface area contributed by atoms with Gasteiger partial charge in [-0.15, -0.1) is 0 Å². The summed E-state index contributed by atoms with van der Waals surface area (Å²) >= 11 is 0. The number of furan rings is 4. The van der Waals surface area contributed by atoms with Gasteiger partial charge in [-0.25, -0.2) is 0 Å². The lowest BCUT2D eigenvalue weighted by Crippen LogP contribution is -2.13. The summed E-state index contributed by atoms with van der Waals surface area (Å²) in [5.74, 6) is 0. The van der Waals surface area contributed by atoms with Crippen molar-refractivity contribution in [2.75, 3.05) is 9.80 Å². The van der Waals surface area contributed by atoms with Crippen LogP contribution in [0, 0.1) is 0 Å². The number of nitrogens with zero attached hydrogens (tertiary/aromatic N) is 2. The van der Waals surface area contributed by atoms with Gasteiger partial charge in [-0.2, -0.15) is 0 Å². The summed E-state index contributed by atoms with van der Waals surface area (Å²) < 4.78 is 27.2. The molecule has 0 fully saturated rings. The first-order valence-corrected chi connectivity index (χ1v) is 36.1. The van der Waals surface area contributed by atoms with E-state index < -0.39 is 0 Å². The van der Waals surface area contributed by atoms with Crippen LogP contribution < -0.4 is 9.80 Å². The quantitative estimate of drug-likeness (QED) is 0.120. The second-order valence-electron chi connectivity index (χ2n) is 27.6. The number of rotatable bonds is 11. The monoisotopic (exact) mass is 1350 g/mol. The van der Waals surface area contributed by atoms with Gasteiger partial charge in [0, 0.05) is 76.7 Å². The molecule has 0 N–H and O–H groups in total. The molecule has 0 aliphatic carbocycles. The Hall–Kier alpha value is -14.2. The minimum absolute atomic E-state index is 0.813. The van der Waals surface area contributed by atoms with Crippen molar-refractivity contribution in [2.45, 2.75) is 0 Å². The minimum atomic E-state index is 0.813. The summed E-state index contributed by atoms with van der Waals surface area (Å²) in [6.07, 6.45) is 0. The zero-order valence-electron chi connectivity index (χ0n) is 57.2. The Bertz CT molecular complexity index is 7340. The number of anilines is 6. The van der Waals surface area contributed by atoms with E-state index in [0.29, 0.717) is 0 Å². The fourth-order valence-corrected chi connectivity index (χ4v) is 17.2. The third-order valence-electron chi connectivity index (χ3n) is 21.8. The molecule has 0 spiro atoms. The van der Waals surface area contributed by atoms with Crippen molar-refractivity contribution in [3.05, 3.63) is 364 Å². The maximum absolute atomic E-state index is 7.09. The third-order valence-corrected chi connectivity index (χ3v) is 21.8. The zero-order valence-corrected chi connectivity index (χ0v) is 57.2. The van der Waals surface area contributed by atoms with Crippen molar-refractivity contribution in [3.8, 4) is 55.6 Å². The number of para-hydroxylation sites is 5. The lowest BCUT2D eigenvalue weighted by molar-refractivity contribution is 0.668. The van der Waals surface area contributed by atoms with Gasteiger partial charge in [0.25, 0.3) is 0 Å². The second kappa shape index (κ2) is 23.7. The summed E-state index contributed by atoms with van der Waals surface area (Å²) in [5.41, 5.74) is 23.6. The molecule has 4 heterocycles. The Morgan fingerprint density at radius 3 is 1.14 bits per heavy atom. The van der Waals surface area contributed by atoms with Crippen LogP contribution in [0.2, 0.25) is 0 Å². The van der Waals surface area contributed by atoms with Crippen LogP contribution in [0.5, 0.6) is 0 Å². The zero-order chi connectivity index (χ0) is 69.5. The first kappa shape index (κ1) is 59.5. The van der Waals surface area contributed by atoms with E-state index in [2.05, 4.69) is 356 Å². The molecule has 0 amide bonds. The molecular formula is C100H60N2O4. The van der Waals surface area contributed by atoms with Gasteiger partial charge in [0.2, 0.25) is 0 Å². The highest BCUT2D eigenvalue weighted by Crippen LogP contribution is 2.56. The van der Waals surface area contributed by atoms with E-state index in [4.69, 9.17) is 17.7 Å². The predicted octanol–water partition coefficient (Wildman–Crippen LogP) is 29.2. The van der Waals surface area contributed by atoms with E-state index in [1.807, 2.05) is 18.2 Å². The van der Waals surface area contributed by atoms with Crippen LogP contribution in [0.1, 0.15) is 0 Å². The molecular weight excluding hydrogens is 1290 g/mol. The average molecular weight is 1350 g/mol. The number of hydrogen-bond acceptors (Lipinski definition) is 6. The molecule has 6 heteroatoms. The van der Waals surface area contributed by atoms with Crippen molar-refractivity contribution in [3.63, 3.8) is 0 Å². The maximum atomic E-state index is 7.09. The van der Waals surface area contributed by atoms with Gasteiger partial charge in [0.1, 0.15) is 44.7 Å². The van der Waals surface area contributed by atoms with Crippen molar-refractivity contribution in [1.29, 1.82) is 0 Å². The maximum Gasteiger partial charge on any atom is 0.143 e. The number of benzene rings is 18. The standard InChI is InChI=1S/C100H60N2O4/c1-3-24-62(25-4-1)93-76-34-10-7-30-71(76)72-31-8-11-35-77(72)97(93)101(85-43-22-48-91-95(85)81-37-14-17-46-88(81)103-91)67-54-50-61(51-55-67)69-39-20-42-80-83-59-65(53-57-90(83)106-99(69)80)64-52-56-74-73-32-9-12-36-78(73)98(94(84(74)60-64)63-26-5-2-6-27-63)102(86-44-23-49-92-96(86)82-38-15-18-47-89(82)104-92)68-29-19-28-66(58-68)70-40-21-41-79-75-33-13-16-45-87(75)105-100(70)79/h1-60H. The molecule has 18 aromatic carbocycles. The Labute approximate surface area is 608 Å². The third kappa shape index (κ3) is 9.18. The molecule has 0 aliphatic rings. The van der Waals surface area contributed by atoms with Crippen molar-refractivity contribution in [2.24, 2.45) is 0 Å². The van der Waals surface area contributed by atoms with Crippen LogP contribution in [-0.2, 0) is 0 Å². The normalized spacial score (nSPS) is 12.0. The SMILES string of the molecule is c1ccc(-c2c(N(c3ccc(-c4cccc5c4oc4ccc(-c6ccc7c(c6)c(-c6ccccc6)c(N(c6cccc(-c8cccc9c8oc8ccccc89)c6)c6cccc8oc9ccccc9c68)c6ccccc67)cc45)cc3)c3cccc4oc5ccccc5c34)c3ccccc3c3ccccc23)cc1. The summed E-state index contributed by atoms with van der Waals surface area (Å²) in [5, 5.41) is 17.7. The molecule has 0 saturated heterocycles. The summed E-state index contributed by atoms with van der Waals surface area (Å²) in [4.78, 5) is 4.96. The highest BCUT2D eigenvalue weighted by Gasteiger charge is 2.30. The Kier molecular flexibility index (Phi) is 13.3. The first-order chi connectivity index (χ1) is 52.6. The van der Waals surface area contributed by atoms with Gasteiger partial charge in [-0.3, -0.25) is 0 Å². The van der Waals surface area contributed by atoms with Crippen molar-refractivity contribution >= 4 is 165 Å². The van der Waals surface area contributed by atoms with Gasteiger partial charge in [0.15, 0.2) is 0 Å². The van der Waals surface area contributed by atoms with E-state index in [-0.39, 0.29) is 0 Å².